The van der Waals surface area contributed by atoms with Gasteiger partial charge >= 0.3 is 5.97 Å². The first kappa shape index (κ1) is 15.1. The molecule has 0 fully saturated rings. The maximum Gasteiger partial charge on any atom is 0.307 e. The standard InChI is InChI=1S/C14H21NO4/c1-8(2)18-12-5-10(6-14(16)17)11(15)7-13(12)19-9(3)4/h5,7-9H,6,15H2,1-4H3,(H,16,17). The van der Waals surface area contributed by atoms with Crippen LogP contribution in [0.2, 0.25) is 0 Å². The molecule has 0 atom stereocenters. The van der Waals surface area contributed by atoms with Gasteiger partial charge in [-0.25, -0.2) is 0 Å². The number of nitrogens with two attached hydrogens (primary N) is 1. The molecular formula is C14H21NO4. The molecule has 0 aliphatic heterocycles. The van der Waals surface area contributed by atoms with Crippen molar-refractivity contribution >= 4 is 11.7 Å². The predicted molar refractivity (Wildman–Crippen MR) is 73.7 cm³/mol. The van der Waals surface area contributed by atoms with Crippen LogP contribution < -0.4 is 15.2 Å². The highest BCUT2D eigenvalue weighted by Crippen LogP contribution is 2.34. The second-order valence-electron chi connectivity index (χ2n) is 4.90. The Bertz CT molecular complexity index is 455. The Morgan fingerprint density at radius 2 is 1.63 bits per heavy atom. The number of rotatable bonds is 6. The molecule has 0 bridgehead atoms. The van der Waals surface area contributed by atoms with Gasteiger partial charge in [0.2, 0.25) is 0 Å². The molecule has 0 saturated carbocycles. The minimum atomic E-state index is -0.931. The number of ether oxygens (including phenoxy) is 2. The van der Waals surface area contributed by atoms with Crippen molar-refractivity contribution < 1.29 is 19.4 Å². The molecule has 1 aromatic carbocycles. The highest BCUT2D eigenvalue weighted by atomic mass is 16.5. The zero-order valence-corrected chi connectivity index (χ0v) is 11.8. The first-order valence-electron chi connectivity index (χ1n) is 6.27. The Labute approximate surface area is 113 Å². The van der Waals surface area contributed by atoms with Gasteiger partial charge in [-0.2, -0.15) is 0 Å². The molecule has 0 radical (unpaired) electrons. The molecule has 0 aromatic heterocycles. The van der Waals surface area contributed by atoms with E-state index in [1.54, 1.807) is 12.1 Å². The Balaban J connectivity index is 3.15. The molecule has 0 heterocycles. The molecule has 5 nitrogen and oxygen atoms in total. The second kappa shape index (κ2) is 6.31. The molecule has 1 rings (SSSR count). The summed E-state index contributed by atoms with van der Waals surface area (Å²) in [6.45, 7) is 7.60. The molecule has 3 N–H and O–H groups in total. The van der Waals surface area contributed by atoms with Crippen LogP contribution >= 0.6 is 0 Å². The van der Waals surface area contributed by atoms with Gasteiger partial charge in [0.05, 0.1) is 18.6 Å². The van der Waals surface area contributed by atoms with Crippen molar-refractivity contribution in [1.29, 1.82) is 0 Å². The fourth-order valence-corrected chi connectivity index (χ4v) is 1.63. The summed E-state index contributed by atoms with van der Waals surface area (Å²) in [5, 5.41) is 8.85. The van der Waals surface area contributed by atoms with Crippen LogP contribution in [0.4, 0.5) is 5.69 Å². The topological polar surface area (TPSA) is 81.8 Å². The van der Waals surface area contributed by atoms with Crippen molar-refractivity contribution in [3.05, 3.63) is 17.7 Å². The van der Waals surface area contributed by atoms with E-state index in [0.29, 0.717) is 22.7 Å². The van der Waals surface area contributed by atoms with Crippen LogP contribution in [0.15, 0.2) is 12.1 Å². The average molecular weight is 267 g/mol. The van der Waals surface area contributed by atoms with E-state index in [1.165, 1.54) is 0 Å². The lowest BCUT2D eigenvalue weighted by atomic mass is 10.1. The van der Waals surface area contributed by atoms with E-state index in [-0.39, 0.29) is 18.6 Å². The maximum absolute atomic E-state index is 10.8. The number of hydrogen-bond acceptors (Lipinski definition) is 4. The van der Waals surface area contributed by atoms with Gasteiger partial charge in [-0.1, -0.05) is 0 Å². The van der Waals surface area contributed by atoms with Crippen LogP contribution in [-0.4, -0.2) is 23.3 Å². The summed E-state index contributed by atoms with van der Waals surface area (Å²) in [5.41, 5.74) is 6.77. The molecule has 0 aliphatic rings. The fraction of sp³-hybridized carbons (Fsp3) is 0.500. The van der Waals surface area contributed by atoms with Crippen LogP contribution in [0.5, 0.6) is 11.5 Å². The van der Waals surface area contributed by atoms with Crippen LogP contribution in [0.1, 0.15) is 33.3 Å². The van der Waals surface area contributed by atoms with Gasteiger partial charge in [-0.3, -0.25) is 4.79 Å². The fourth-order valence-electron chi connectivity index (χ4n) is 1.63. The Kier molecular flexibility index (Phi) is 5.03. The third-order valence-corrected chi connectivity index (χ3v) is 2.27. The van der Waals surface area contributed by atoms with Crippen LogP contribution in [-0.2, 0) is 11.2 Å². The van der Waals surface area contributed by atoms with Gasteiger partial charge in [0.25, 0.3) is 0 Å². The van der Waals surface area contributed by atoms with E-state index in [0.717, 1.165) is 0 Å². The van der Waals surface area contributed by atoms with Crippen molar-refractivity contribution in [2.24, 2.45) is 0 Å². The first-order chi connectivity index (χ1) is 8.79. The van der Waals surface area contributed by atoms with Crippen molar-refractivity contribution in [3.63, 3.8) is 0 Å². The van der Waals surface area contributed by atoms with E-state index >= 15 is 0 Å². The lowest BCUT2D eigenvalue weighted by molar-refractivity contribution is -0.136. The lowest BCUT2D eigenvalue weighted by Crippen LogP contribution is -2.12. The Hall–Kier alpha value is -1.91. The zero-order chi connectivity index (χ0) is 14.6. The van der Waals surface area contributed by atoms with Crippen LogP contribution in [0.25, 0.3) is 0 Å². The molecular weight excluding hydrogens is 246 g/mol. The molecule has 0 unspecified atom stereocenters. The van der Waals surface area contributed by atoms with Gasteiger partial charge in [0.1, 0.15) is 0 Å². The number of aliphatic carboxylic acids is 1. The third kappa shape index (κ3) is 4.69. The van der Waals surface area contributed by atoms with Crippen LogP contribution in [0, 0.1) is 0 Å². The van der Waals surface area contributed by atoms with Gasteiger partial charge in [0, 0.05) is 11.8 Å². The molecule has 106 valence electrons. The summed E-state index contributed by atoms with van der Waals surface area (Å²) >= 11 is 0. The molecule has 5 heteroatoms. The van der Waals surface area contributed by atoms with Gasteiger partial charge in [-0.15, -0.1) is 0 Å². The predicted octanol–water partition coefficient (Wildman–Crippen LogP) is 2.47. The quantitative estimate of drug-likeness (QED) is 0.774. The summed E-state index contributed by atoms with van der Waals surface area (Å²) < 4.78 is 11.3. The van der Waals surface area contributed by atoms with E-state index in [9.17, 15) is 4.79 Å². The molecule has 0 amide bonds. The van der Waals surface area contributed by atoms with E-state index in [1.807, 2.05) is 27.7 Å². The van der Waals surface area contributed by atoms with Crippen molar-refractivity contribution in [3.8, 4) is 11.5 Å². The first-order valence-corrected chi connectivity index (χ1v) is 6.27. The number of carboxylic acid groups (broad SMARTS) is 1. The van der Waals surface area contributed by atoms with E-state index in [4.69, 9.17) is 20.3 Å². The molecule has 0 aliphatic carbocycles. The number of carboxylic acids is 1. The summed E-state index contributed by atoms with van der Waals surface area (Å²) in [6, 6.07) is 3.26. The monoisotopic (exact) mass is 267 g/mol. The Morgan fingerprint density at radius 3 is 2.05 bits per heavy atom. The highest BCUT2D eigenvalue weighted by Gasteiger charge is 2.14. The largest absolute Gasteiger partial charge is 0.487 e. The summed E-state index contributed by atoms with van der Waals surface area (Å²) in [6.07, 6.45) is -0.183. The zero-order valence-electron chi connectivity index (χ0n) is 11.8. The van der Waals surface area contributed by atoms with Crippen molar-refractivity contribution in [1.82, 2.24) is 0 Å². The number of hydrogen-bond donors (Lipinski definition) is 2. The third-order valence-electron chi connectivity index (χ3n) is 2.27. The lowest BCUT2D eigenvalue weighted by Gasteiger charge is -2.19. The minimum absolute atomic E-state index is 0.0146. The van der Waals surface area contributed by atoms with Crippen molar-refractivity contribution in [2.45, 2.75) is 46.3 Å². The smallest absolute Gasteiger partial charge is 0.307 e. The summed E-state index contributed by atoms with van der Waals surface area (Å²) in [5.74, 6) is 0.129. The van der Waals surface area contributed by atoms with Crippen LogP contribution in [0.3, 0.4) is 0 Å². The Morgan fingerprint density at radius 1 is 1.16 bits per heavy atom. The number of anilines is 1. The minimum Gasteiger partial charge on any atom is -0.487 e. The normalized spacial score (nSPS) is 10.8. The number of carbonyl (C=O) groups is 1. The maximum atomic E-state index is 10.8. The van der Waals surface area contributed by atoms with E-state index < -0.39 is 5.97 Å². The van der Waals surface area contributed by atoms with Gasteiger partial charge in [-0.05, 0) is 39.3 Å². The molecule has 0 saturated heterocycles. The average Bonchev–Trinajstić information content (AvgIpc) is 2.22. The number of nitrogen functional groups attached to an aromatic ring is 1. The summed E-state index contributed by atoms with van der Waals surface area (Å²) in [4.78, 5) is 10.8. The van der Waals surface area contributed by atoms with Crippen molar-refractivity contribution in [2.75, 3.05) is 5.73 Å². The molecule has 1 aromatic rings. The second-order valence-corrected chi connectivity index (χ2v) is 4.90. The number of benzene rings is 1. The SMILES string of the molecule is CC(C)Oc1cc(N)c(CC(=O)O)cc1OC(C)C. The highest BCUT2D eigenvalue weighted by molar-refractivity contribution is 5.74. The van der Waals surface area contributed by atoms with E-state index in [2.05, 4.69) is 0 Å². The molecule has 19 heavy (non-hydrogen) atoms. The summed E-state index contributed by atoms with van der Waals surface area (Å²) in [7, 11) is 0. The van der Waals surface area contributed by atoms with Gasteiger partial charge in [0.15, 0.2) is 11.5 Å². The van der Waals surface area contributed by atoms with Gasteiger partial charge < -0.3 is 20.3 Å². The molecule has 0 spiro atoms.